The third-order valence-corrected chi connectivity index (χ3v) is 6.54. The second kappa shape index (κ2) is 6.96. The summed E-state index contributed by atoms with van der Waals surface area (Å²) in [6.07, 6.45) is 0.619. The number of hydrogen-bond donors (Lipinski definition) is 3. The molecule has 142 valence electrons. The molecule has 5 nitrogen and oxygen atoms in total. The summed E-state index contributed by atoms with van der Waals surface area (Å²) in [5.41, 5.74) is 4.25. The molecule has 0 spiro atoms. The molecule has 0 bridgehead atoms. The minimum Gasteiger partial charge on any atom is -0.508 e. The van der Waals surface area contributed by atoms with Crippen molar-refractivity contribution < 1.29 is 9.90 Å². The van der Waals surface area contributed by atoms with Crippen LogP contribution in [0.4, 0.5) is 5.00 Å². The number of aromatic hydroxyl groups is 1. The van der Waals surface area contributed by atoms with Gasteiger partial charge in [0.05, 0.1) is 5.56 Å². The highest BCUT2D eigenvalue weighted by atomic mass is 32.1. The summed E-state index contributed by atoms with van der Waals surface area (Å²) >= 11 is 1.69. The number of nitrogens with one attached hydrogen (secondary N) is 2. The standard InChI is InChI=1S/C22H21N3O2S/c26-16-8-6-15(7-9-16)20-23-21(27)19-17-10-11-25(12-14-4-2-1-3-5-14)13-18(17)28-22(19)24-20/h1-9,20,24,26H,10-13H2,(H,23,27)/t20-/m0/s1. The molecule has 3 heterocycles. The highest BCUT2D eigenvalue weighted by Gasteiger charge is 2.33. The number of benzene rings is 2. The zero-order valence-corrected chi connectivity index (χ0v) is 16.1. The number of hydrogen-bond acceptors (Lipinski definition) is 5. The fourth-order valence-corrected chi connectivity index (χ4v) is 5.29. The van der Waals surface area contributed by atoms with Gasteiger partial charge in [-0.3, -0.25) is 9.69 Å². The van der Waals surface area contributed by atoms with Gasteiger partial charge in [0, 0.05) is 24.5 Å². The van der Waals surface area contributed by atoms with Crippen LogP contribution in [0.5, 0.6) is 5.75 Å². The van der Waals surface area contributed by atoms with Crippen molar-refractivity contribution in [3.8, 4) is 5.75 Å². The van der Waals surface area contributed by atoms with E-state index in [2.05, 4.69) is 39.8 Å². The number of fused-ring (bicyclic) bond motifs is 3. The van der Waals surface area contributed by atoms with Gasteiger partial charge in [-0.25, -0.2) is 0 Å². The summed E-state index contributed by atoms with van der Waals surface area (Å²) in [4.78, 5) is 16.6. The number of phenolic OH excluding ortho intramolecular Hbond substituents is 1. The van der Waals surface area contributed by atoms with Gasteiger partial charge in [0.1, 0.15) is 16.9 Å². The molecule has 0 aliphatic carbocycles. The van der Waals surface area contributed by atoms with Crippen LogP contribution in [-0.4, -0.2) is 22.5 Å². The number of carbonyl (C=O) groups excluding carboxylic acids is 1. The van der Waals surface area contributed by atoms with Crippen LogP contribution in [0.25, 0.3) is 0 Å². The fraction of sp³-hybridized carbons (Fsp3) is 0.227. The van der Waals surface area contributed by atoms with Crippen molar-refractivity contribution >= 4 is 22.2 Å². The Morgan fingerprint density at radius 3 is 2.64 bits per heavy atom. The van der Waals surface area contributed by atoms with Crippen LogP contribution in [0, 0.1) is 0 Å². The number of anilines is 1. The molecule has 2 aliphatic rings. The molecule has 0 saturated heterocycles. The molecule has 0 radical (unpaired) electrons. The second-order valence-electron chi connectivity index (χ2n) is 7.30. The third-order valence-electron chi connectivity index (χ3n) is 5.39. The molecule has 0 fully saturated rings. The van der Waals surface area contributed by atoms with Crippen molar-refractivity contribution in [2.75, 3.05) is 11.9 Å². The van der Waals surface area contributed by atoms with Crippen LogP contribution in [0.15, 0.2) is 54.6 Å². The normalized spacial score (nSPS) is 18.7. The van der Waals surface area contributed by atoms with Crippen LogP contribution in [0.1, 0.15) is 38.1 Å². The van der Waals surface area contributed by atoms with Gasteiger partial charge in [-0.15, -0.1) is 11.3 Å². The van der Waals surface area contributed by atoms with Crippen LogP contribution in [0.3, 0.4) is 0 Å². The van der Waals surface area contributed by atoms with E-state index in [0.717, 1.165) is 42.2 Å². The van der Waals surface area contributed by atoms with E-state index in [1.807, 2.05) is 18.2 Å². The number of phenols is 1. The van der Waals surface area contributed by atoms with Crippen LogP contribution >= 0.6 is 11.3 Å². The molecular formula is C22H21N3O2S. The Kier molecular flexibility index (Phi) is 4.30. The smallest absolute Gasteiger partial charge is 0.256 e. The van der Waals surface area contributed by atoms with Gasteiger partial charge >= 0.3 is 0 Å². The average Bonchev–Trinajstić information content (AvgIpc) is 3.07. The Labute approximate surface area is 167 Å². The Morgan fingerprint density at radius 2 is 1.86 bits per heavy atom. The number of amides is 1. The lowest BCUT2D eigenvalue weighted by Gasteiger charge is -2.28. The van der Waals surface area contributed by atoms with Crippen molar-refractivity contribution in [2.24, 2.45) is 0 Å². The Hall–Kier alpha value is -2.83. The lowest BCUT2D eigenvalue weighted by Crippen LogP contribution is -2.38. The molecule has 1 aromatic heterocycles. The maximum atomic E-state index is 12.8. The van der Waals surface area contributed by atoms with Gasteiger partial charge in [0.15, 0.2) is 0 Å². The van der Waals surface area contributed by atoms with Crippen molar-refractivity contribution in [3.63, 3.8) is 0 Å². The first kappa shape index (κ1) is 17.3. The van der Waals surface area contributed by atoms with E-state index in [1.165, 1.54) is 16.0 Å². The van der Waals surface area contributed by atoms with E-state index < -0.39 is 0 Å². The van der Waals surface area contributed by atoms with Gasteiger partial charge in [-0.05, 0) is 35.2 Å². The van der Waals surface area contributed by atoms with E-state index in [0.29, 0.717) is 0 Å². The van der Waals surface area contributed by atoms with Gasteiger partial charge in [0.2, 0.25) is 0 Å². The molecule has 2 aromatic carbocycles. The van der Waals surface area contributed by atoms with E-state index in [-0.39, 0.29) is 17.8 Å². The summed E-state index contributed by atoms with van der Waals surface area (Å²) in [6.45, 7) is 2.76. The zero-order valence-electron chi connectivity index (χ0n) is 15.3. The third kappa shape index (κ3) is 3.15. The van der Waals surface area contributed by atoms with Crippen molar-refractivity contribution in [1.82, 2.24) is 10.2 Å². The lowest BCUT2D eigenvalue weighted by atomic mass is 10.00. The zero-order chi connectivity index (χ0) is 19.1. The molecule has 0 unspecified atom stereocenters. The van der Waals surface area contributed by atoms with Crippen molar-refractivity contribution in [3.05, 3.63) is 81.7 Å². The molecule has 3 N–H and O–H groups in total. The number of carbonyl (C=O) groups is 1. The highest BCUT2D eigenvalue weighted by Crippen LogP contribution is 2.41. The first-order chi connectivity index (χ1) is 13.7. The van der Waals surface area contributed by atoms with Gasteiger partial charge in [0.25, 0.3) is 5.91 Å². The Morgan fingerprint density at radius 1 is 1.07 bits per heavy atom. The van der Waals surface area contributed by atoms with E-state index in [1.54, 1.807) is 23.5 Å². The largest absolute Gasteiger partial charge is 0.508 e. The van der Waals surface area contributed by atoms with Crippen molar-refractivity contribution in [2.45, 2.75) is 25.7 Å². The average molecular weight is 391 g/mol. The molecule has 3 aromatic rings. The maximum absolute atomic E-state index is 12.8. The Bertz CT molecular complexity index is 1010. The summed E-state index contributed by atoms with van der Waals surface area (Å²) in [5.74, 6) is 0.206. The van der Waals surface area contributed by atoms with Gasteiger partial charge in [-0.2, -0.15) is 0 Å². The first-order valence-electron chi connectivity index (χ1n) is 9.44. The van der Waals surface area contributed by atoms with E-state index in [4.69, 9.17) is 0 Å². The highest BCUT2D eigenvalue weighted by molar-refractivity contribution is 7.16. The topological polar surface area (TPSA) is 64.6 Å². The quantitative estimate of drug-likeness (QED) is 0.634. The predicted octanol–water partition coefficient (Wildman–Crippen LogP) is 3.87. The summed E-state index contributed by atoms with van der Waals surface area (Å²) < 4.78 is 0. The molecule has 0 saturated carbocycles. The summed E-state index contributed by atoms with van der Waals surface area (Å²) in [5, 5.41) is 17.0. The predicted molar refractivity (Wildman–Crippen MR) is 111 cm³/mol. The molecule has 5 rings (SSSR count). The first-order valence-corrected chi connectivity index (χ1v) is 10.3. The minimum atomic E-state index is -0.277. The molecule has 2 aliphatic heterocycles. The van der Waals surface area contributed by atoms with Crippen molar-refractivity contribution in [1.29, 1.82) is 0 Å². The monoisotopic (exact) mass is 391 g/mol. The fourth-order valence-electron chi connectivity index (χ4n) is 3.98. The molecule has 6 heteroatoms. The molecule has 28 heavy (non-hydrogen) atoms. The molecule has 1 atom stereocenters. The number of nitrogens with zero attached hydrogens (tertiary/aromatic N) is 1. The minimum absolute atomic E-state index is 0.0131. The van der Waals surface area contributed by atoms with Gasteiger partial charge in [-0.1, -0.05) is 42.5 Å². The van der Waals surface area contributed by atoms with Crippen LogP contribution in [-0.2, 0) is 19.5 Å². The van der Waals surface area contributed by atoms with Crippen LogP contribution in [0.2, 0.25) is 0 Å². The van der Waals surface area contributed by atoms with E-state index in [9.17, 15) is 9.90 Å². The molecule has 1 amide bonds. The number of rotatable bonds is 3. The Balaban J connectivity index is 1.38. The second-order valence-corrected chi connectivity index (χ2v) is 8.40. The van der Waals surface area contributed by atoms with E-state index >= 15 is 0 Å². The maximum Gasteiger partial charge on any atom is 0.256 e. The summed E-state index contributed by atoms with van der Waals surface area (Å²) in [7, 11) is 0. The van der Waals surface area contributed by atoms with Crippen LogP contribution < -0.4 is 10.6 Å². The molecular weight excluding hydrogens is 370 g/mol. The lowest BCUT2D eigenvalue weighted by molar-refractivity contribution is 0.0934. The summed E-state index contributed by atoms with van der Waals surface area (Å²) in [6, 6.07) is 17.4. The van der Waals surface area contributed by atoms with Gasteiger partial charge < -0.3 is 15.7 Å². The SMILES string of the molecule is O=C1N[C@H](c2ccc(O)cc2)Nc2sc3c(c21)CCN(Cc1ccccc1)C3. The number of thiophene rings is 1.